The van der Waals surface area contributed by atoms with Crippen LogP contribution in [0, 0.1) is 12.8 Å². The van der Waals surface area contributed by atoms with Crippen molar-refractivity contribution < 1.29 is 9.00 Å². The van der Waals surface area contributed by atoms with Crippen LogP contribution in [0.2, 0.25) is 0 Å². The zero-order valence-electron chi connectivity index (χ0n) is 13.6. The number of nitrogens with one attached hydrogen (secondary N) is 1. The predicted octanol–water partition coefficient (Wildman–Crippen LogP) is 2.88. The monoisotopic (exact) mass is 331 g/mol. The summed E-state index contributed by atoms with van der Waals surface area (Å²) in [5, 5.41) is 4.71. The van der Waals surface area contributed by atoms with Gasteiger partial charge in [-0.2, -0.15) is 0 Å². The molecule has 0 saturated heterocycles. The fourth-order valence-corrected chi connectivity index (χ4v) is 3.67. The molecule has 1 N–H and O–H groups in total. The van der Waals surface area contributed by atoms with E-state index in [1.165, 1.54) is 11.3 Å². The molecule has 0 aliphatic rings. The largest absolute Gasteiger partial charge is 0.324 e. The van der Waals surface area contributed by atoms with Crippen molar-refractivity contribution in [2.24, 2.45) is 5.92 Å². The first kappa shape index (κ1) is 18.1. The Bertz CT molecular complexity index is 514. The number of aryl methyl sites for hydroxylation is 1. The maximum atomic E-state index is 12.3. The SMILES string of the molecule is Cc1nc(CC(C)C)c(NC(=O)N(C)[C@H](C)C[S@@](C)=O)s1. The topological polar surface area (TPSA) is 62.3 Å². The molecule has 0 bridgehead atoms. The van der Waals surface area contributed by atoms with E-state index in [4.69, 9.17) is 0 Å². The first-order valence-corrected chi connectivity index (χ1v) is 9.55. The lowest BCUT2D eigenvalue weighted by Crippen LogP contribution is -2.40. The summed E-state index contributed by atoms with van der Waals surface area (Å²) in [5.74, 6) is 0.964. The van der Waals surface area contributed by atoms with Crippen LogP contribution in [0.1, 0.15) is 31.5 Å². The minimum atomic E-state index is -0.919. The molecule has 120 valence electrons. The van der Waals surface area contributed by atoms with Gasteiger partial charge in [0.05, 0.1) is 10.7 Å². The van der Waals surface area contributed by atoms with E-state index in [-0.39, 0.29) is 12.1 Å². The third-order valence-corrected chi connectivity index (χ3v) is 4.96. The highest BCUT2D eigenvalue weighted by Crippen LogP contribution is 2.26. The van der Waals surface area contributed by atoms with Crippen LogP contribution in [-0.4, -0.2) is 45.2 Å². The number of hydrogen-bond acceptors (Lipinski definition) is 4. The van der Waals surface area contributed by atoms with Crippen LogP contribution in [-0.2, 0) is 17.2 Å². The molecule has 2 atom stereocenters. The van der Waals surface area contributed by atoms with E-state index in [9.17, 15) is 9.00 Å². The minimum Gasteiger partial charge on any atom is -0.324 e. The number of hydrogen-bond donors (Lipinski definition) is 1. The van der Waals surface area contributed by atoms with E-state index in [0.29, 0.717) is 11.7 Å². The molecule has 1 aromatic heterocycles. The van der Waals surface area contributed by atoms with Gasteiger partial charge < -0.3 is 4.90 Å². The fraction of sp³-hybridized carbons (Fsp3) is 0.714. The van der Waals surface area contributed by atoms with Gasteiger partial charge in [0.1, 0.15) is 5.00 Å². The number of aromatic nitrogens is 1. The van der Waals surface area contributed by atoms with Gasteiger partial charge in [-0.25, -0.2) is 9.78 Å². The molecule has 0 aromatic carbocycles. The van der Waals surface area contributed by atoms with Gasteiger partial charge in [-0.1, -0.05) is 13.8 Å². The summed E-state index contributed by atoms with van der Waals surface area (Å²) in [5.41, 5.74) is 0.945. The molecule has 0 saturated carbocycles. The van der Waals surface area contributed by atoms with Crippen molar-refractivity contribution >= 4 is 33.2 Å². The summed E-state index contributed by atoms with van der Waals surface area (Å²) in [6, 6.07) is -0.250. The fourth-order valence-electron chi connectivity index (χ4n) is 1.93. The number of anilines is 1. The van der Waals surface area contributed by atoms with Crippen LogP contribution < -0.4 is 5.32 Å². The molecule has 21 heavy (non-hydrogen) atoms. The van der Waals surface area contributed by atoms with Crippen LogP contribution in [0.25, 0.3) is 0 Å². The molecular weight excluding hydrogens is 306 g/mol. The summed E-state index contributed by atoms with van der Waals surface area (Å²) in [6.07, 6.45) is 2.49. The van der Waals surface area contributed by atoms with Gasteiger partial charge in [0, 0.05) is 35.9 Å². The van der Waals surface area contributed by atoms with Gasteiger partial charge in [-0.15, -0.1) is 11.3 Å². The highest BCUT2D eigenvalue weighted by Gasteiger charge is 2.19. The molecular formula is C14H25N3O2S2. The minimum absolute atomic E-state index is 0.0709. The standard InChI is InChI=1S/C14H25N3O2S2/c1-9(2)7-12-13(20-11(4)15-12)16-14(18)17(5)10(3)8-21(6)19/h9-10H,7-8H2,1-6H3,(H,16,18)/t10-,21-/m1/s1. The van der Waals surface area contributed by atoms with Crippen molar-refractivity contribution in [3.05, 3.63) is 10.7 Å². The molecule has 0 aliphatic carbocycles. The van der Waals surface area contributed by atoms with Crippen molar-refractivity contribution in [3.63, 3.8) is 0 Å². The molecule has 5 nitrogen and oxygen atoms in total. The average Bonchev–Trinajstić information content (AvgIpc) is 2.66. The van der Waals surface area contributed by atoms with Gasteiger partial charge in [-0.3, -0.25) is 9.53 Å². The quantitative estimate of drug-likeness (QED) is 0.872. The Hall–Kier alpha value is -0.950. The molecule has 0 aliphatic heterocycles. The maximum absolute atomic E-state index is 12.3. The van der Waals surface area contributed by atoms with E-state index in [1.54, 1.807) is 18.2 Å². The number of carbonyl (C=O) groups is 1. The molecule has 1 aromatic rings. The zero-order chi connectivity index (χ0) is 16.2. The lowest BCUT2D eigenvalue weighted by Gasteiger charge is -2.24. The lowest BCUT2D eigenvalue weighted by atomic mass is 10.1. The molecule has 0 spiro atoms. The molecule has 2 amide bonds. The van der Waals surface area contributed by atoms with Gasteiger partial charge in [0.15, 0.2) is 0 Å². The van der Waals surface area contributed by atoms with E-state index < -0.39 is 10.8 Å². The van der Waals surface area contributed by atoms with E-state index >= 15 is 0 Å². The molecule has 1 heterocycles. The Morgan fingerprint density at radius 2 is 2.05 bits per heavy atom. The van der Waals surface area contributed by atoms with Crippen LogP contribution in [0.3, 0.4) is 0 Å². The van der Waals surface area contributed by atoms with Crippen molar-refractivity contribution in [1.29, 1.82) is 0 Å². The van der Waals surface area contributed by atoms with Crippen molar-refractivity contribution in [1.82, 2.24) is 9.88 Å². The summed E-state index contributed by atoms with van der Waals surface area (Å²) < 4.78 is 11.3. The Balaban J connectivity index is 2.76. The second-order valence-corrected chi connectivity index (χ2v) is 8.42. The molecule has 7 heteroatoms. The summed E-state index contributed by atoms with van der Waals surface area (Å²) >= 11 is 1.50. The Morgan fingerprint density at radius 3 is 2.57 bits per heavy atom. The molecule has 0 unspecified atom stereocenters. The number of thiazole rings is 1. The second kappa shape index (κ2) is 7.89. The smallest absolute Gasteiger partial charge is 0.322 e. The Morgan fingerprint density at radius 1 is 1.43 bits per heavy atom. The molecule has 0 fully saturated rings. The number of rotatable bonds is 6. The van der Waals surface area contributed by atoms with E-state index in [2.05, 4.69) is 24.1 Å². The van der Waals surface area contributed by atoms with Crippen molar-refractivity contribution in [2.45, 2.75) is 40.2 Å². The highest BCUT2D eigenvalue weighted by molar-refractivity contribution is 7.84. The van der Waals surface area contributed by atoms with Gasteiger partial charge >= 0.3 is 6.03 Å². The van der Waals surface area contributed by atoms with E-state index in [0.717, 1.165) is 22.1 Å². The number of carbonyl (C=O) groups excluding carboxylic acids is 1. The van der Waals surface area contributed by atoms with Crippen LogP contribution in [0.15, 0.2) is 0 Å². The molecule has 0 radical (unpaired) electrons. The lowest BCUT2D eigenvalue weighted by molar-refractivity contribution is 0.212. The summed E-state index contributed by atoms with van der Waals surface area (Å²) in [6.45, 7) is 8.10. The van der Waals surface area contributed by atoms with Crippen molar-refractivity contribution in [3.8, 4) is 0 Å². The maximum Gasteiger partial charge on any atom is 0.322 e. The third-order valence-electron chi connectivity index (χ3n) is 3.08. The van der Waals surface area contributed by atoms with Gasteiger partial charge in [0.2, 0.25) is 0 Å². The summed E-state index contributed by atoms with van der Waals surface area (Å²) in [4.78, 5) is 18.4. The summed E-state index contributed by atoms with van der Waals surface area (Å²) in [7, 11) is 0.806. The normalized spacial score (nSPS) is 14.0. The molecule has 1 rings (SSSR count). The average molecular weight is 332 g/mol. The number of amides is 2. The first-order valence-electron chi connectivity index (χ1n) is 7.00. The number of nitrogens with zero attached hydrogens (tertiary/aromatic N) is 2. The van der Waals surface area contributed by atoms with Crippen LogP contribution in [0.5, 0.6) is 0 Å². The Kier molecular flexibility index (Phi) is 6.80. The van der Waals surface area contributed by atoms with Crippen LogP contribution >= 0.6 is 11.3 Å². The second-order valence-electron chi connectivity index (χ2n) is 5.74. The van der Waals surface area contributed by atoms with Gasteiger partial charge in [-0.05, 0) is 26.2 Å². The van der Waals surface area contributed by atoms with E-state index in [1.807, 2.05) is 13.8 Å². The zero-order valence-corrected chi connectivity index (χ0v) is 15.2. The first-order chi connectivity index (χ1) is 9.70. The number of urea groups is 1. The predicted molar refractivity (Wildman–Crippen MR) is 90.6 cm³/mol. The highest BCUT2D eigenvalue weighted by atomic mass is 32.2. The van der Waals surface area contributed by atoms with Crippen molar-refractivity contribution in [2.75, 3.05) is 24.4 Å². The third kappa shape index (κ3) is 5.74. The van der Waals surface area contributed by atoms with Crippen LogP contribution in [0.4, 0.5) is 9.80 Å². The van der Waals surface area contributed by atoms with Gasteiger partial charge in [0.25, 0.3) is 0 Å². The Labute approximate surface area is 133 Å².